The van der Waals surface area contributed by atoms with Crippen molar-refractivity contribution in [3.8, 4) is 67.5 Å². The number of anilines is 4. The van der Waals surface area contributed by atoms with Gasteiger partial charge < -0.3 is 0 Å². The second-order valence-electron chi connectivity index (χ2n) is 23.1. The van der Waals surface area contributed by atoms with Gasteiger partial charge >= 0.3 is 427 Å². The number of rotatable bonds is 11. The van der Waals surface area contributed by atoms with Crippen molar-refractivity contribution >= 4 is 46.4 Å². The van der Waals surface area contributed by atoms with E-state index in [-0.39, 0.29) is 57.5 Å². The molecule has 408 valence electrons. The summed E-state index contributed by atoms with van der Waals surface area (Å²) in [5, 5.41) is 0. The van der Waals surface area contributed by atoms with E-state index < -0.39 is 13.8 Å². The second-order valence-corrected chi connectivity index (χ2v) is 24.1. The quantitative estimate of drug-likeness (QED) is 0.121. The monoisotopic (exact) mass is 1260 g/mol. The SMILES string of the molecule is [2H]c1c([2H])c([2H])c2c(c1[2H])n(-c1cccc(Oc3nc(N4B(c5ccccc5)N(c5ccccc5)c5ccccc54)cc(C([2H])([2H])[2H])c3-c3ccccc3)c1)[c](=[Pt])n2-c1c(-c2ccc(-c3ccccc3)cc2)cccc1-c1cc(C(C)(C)C)cc(C(C)(C)C)c1. The molecule has 0 amide bonds. The molecule has 0 aliphatic carbocycles. The van der Waals surface area contributed by atoms with E-state index in [1.54, 1.807) is 12.1 Å². The number of benzene rings is 10. The number of ether oxygens (including phenoxy) is 1. The molecule has 0 N–H and O–H groups in total. The molecule has 0 unspecified atom stereocenters. The molecule has 1 aliphatic rings. The average Bonchev–Trinajstić information content (AvgIpc) is 1.54. The van der Waals surface area contributed by atoms with E-state index in [1.807, 2.05) is 130 Å². The molecule has 0 fully saturated rings. The van der Waals surface area contributed by atoms with Crippen molar-refractivity contribution in [2.24, 2.45) is 0 Å². The molecule has 10 aromatic carbocycles. The molecule has 0 atom stereocenters. The van der Waals surface area contributed by atoms with Crippen LogP contribution in [0.1, 0.15) is 67.8 Å². The van der Waals surface area contributed by atoms with Gasteiger partial charge in [-0.2, -0.15) is 0 Å². The maximum absolute atomic E-state index is 9.91. The summed E-state index contributed by atoms with van der Waals surface area (Å²) in [5.41, 5.74) is 14.0. The predicted molar refractivity (Wildman–Crippen MR) is 343 cm³/mol. The first-order valence-electron chi connectivity index (χ1n) is 31.5. The Bertz CT molecular complexity index is 4750. The van der Waals surface area contributed by atoms with Gasteiger partial charge in [0.1, 0.15) is 0 Å². The van der Waals surface area contributed by atoms with Gasteiger partial charge in [0.25, 0.3) is 0 Å². The van der Waals surface area contributed by atoms with Crippen LogP contribution in [0.3, 0.4) is 0 Å². The number of imidazole rings is 1. The molecule has 6 nitrogen and oxygen atoms in total. The summed E-state index contributed by atoms with van der Waals surface area (Å²) >= 11 is 2.27. The molecule has 0 spiro atoms. The van der Waals surface area contributed by atoms with Crippen LogP contribution in [0.5, 0.6) is 11.6 Å². The van der Waals surface area contributed by atoms with Crippen LogP contribution in [0.25, 0.3) is 66.9 Å². The third kappa shape index (κ3) is 10.1. The fourth-order valence-corrected chi connectivity index (χ4v) is 12.4. The van der Waals surface area contributed by atoms with Crippen LogP contribution >= 0.6 is 0 Å². The Morgan fingerprint density at radius 3 is 1.63 bits per heavy atom. The number of nitrogens with zero attached hydrogens (tertiary/aromatic N) is 5. The Hall–Kier alpha value is -9.03. The van der Waals surface area contributed by atoms with Crippen LogP contribution < -0.4 is 19.8 Å². The molecule has 13 rings (SSSR count). The summed E-state index contributed by atoms with van der Waals surface area (Å²) in [4.78, 5) is 9.75. The Morgan fingerprint density at radius 1 is 0.482 bits per heavy atom. The van der Waals surface area contributed by atoms with Gasteiger partial charge in [-0.3, -0.25) is 0 Å². The predicted octanol–water partition coefficient (Wildman–Crippen LogP) is 18.9. The minimum absolute atomic E-state index is 0.0437. The minimum atomic E-state index is -2.65. The molecule has 0 bridgehead atoms. The van der Waals surface area contributed by atoms with Gasteiger partial charge in [0, 0.05) is 5.69 Å². The zero-order chi connectivity index (χ0) is 63.0. The standard InChI is InChI=1S/C75H64BN5O.Pt/c1-52-46-70(81-69-41-23-22-40-68(69)80(61-32-18-11-19-33-61)76(81)60-30-16-10-17-31-60)77-73(71(52)56-28-14-9-15-29-56)82-63-35-24-34-62(50-63)78-51-79(67-39-21-20-38-66(67)78)72-64(55-44-42-54(43-45-55)53-26-12-8-13-27-53)36-25-37-65(72)57-47-58(74(2,3)4)49-59(48-57)75(5,6)7;/h8-50H,1-7H3;/i1D3,20D,21D,38D,39D;. The molecular formula is C75H64BN5OPt. The number of aryl methyl sites for hydroxylation is 1. The van der Waals surface area contributed by atoms with Crippen molar-refractivity contribution in [2.75, 3.05) is 9.62 Å². The number of pyridine rings is 1. The molecule has 12 aromatic rings. The molecule has 2 aromatic heterocycles. The Morgan fingerprint density at radius 2 is 1.00 bits per heavy atom. The van der Waals surface area contributed by atoms with E-state index in [1.165, 1.54) is 0 Å². The van der Waals surface area contributed by atoms with Crippen LogP contribution in [0.4, 0.5) is 22.9 Å². The van der Waals surface area contributed by atoms with Crippen molar-refractivity contribution in [2.45, 2.75) is 59.2 Å². The molecule has 83 heavy (non-hydrogen) atoms. The van der Waals surface area contributed by atoms with Crippen molar-refractivity contribution < 1.29 is 33.7 Å². The molecular weight excluding hydrogens is 1190 g/mol. The van der Waals surface area contributed by atoms with Crippen LogP contribution in [0.15, 0.2) is 261 Å². The molecule has 0 saturated heterocycles. The van der Waals surface area contributed by atoms with E-state index >= 15 is 0 Å². The van der Waals surface area contributed by atoms with Crippen molar-refractivity contribution in [1.29, 1.82) is 0 Å². The average molecular weight is 1260 g/mol. The van der Waals surface area contributed by atoms with Crippen molar-refractivity contribution in [1.82, 2.24) is 14.1 Å². The normalized spacial score (nSPS) is 13.9. The zero-order valence-corrected chi connectivity index (χ0v) is 49.3. The number of para-hydroxylation sites is 6. The van der Waals surface area contributed by atoms with Crippen LogP contribution in [0.2, 0.25) is 0 Å². The number of fused-ring (bicyclic) bond motifs is 2. The first-order valence-corrected chi connectivity index (χ1v) is 29.1. The van der Waals surface area contributed by atoms with Crippen LogP contribution in [-0.4, -0.2) is 21.1 Å². The number of hydrogen-bond acceptors (Lipinski definition) is 4. The molecule has 0 radical (unpaired) electrons. The summed E-state index contributed by atoms with van der Waals surface area (Å²) in [6.45, 7) is 10.2. The maximum atomic E-state index is 9.91. The Balaban J connectivity index is 1.04. The van der Waals surface area contributed by atoms with Gasteiger partial charge in [-0.25, -0.2) is 0 Å². The molecule has 3 heterocycles. The van der Waals surface area contributed by atoms with Crippen LogP contribution in [-0.2, 0) is 30.2 Å². The van der Waals surface area contributed by atoms with Gasteiger partial charge in [-0.05, 0) is 18.2 Å². The first-order chi connectivity index (χ1) is 43.2. The number of aromatic nitrogens is 3. The first kappa shape index (κ1) is 45.6. The fraction of sp³-hybridized carbons (Fsp3) is 0.120. The van der Waals surface area contributed by atoms with Gasteiger partial charge in [0.05, 0.1) is 0 Å². The summed E-state index contributed by atoms with van der Waals surface area (Å²) in [5.74, 6) is 0.705. The zero-order valence-electron chi connectivity index (χ0n) is 54.1. The third-order valence-electron chi connectivity index (χ3n) is 15.6. The van der Waals surface area contributed by atoms with E-state index in [2.05, 4.69) is 174 Å². The van der Waals surface area contributed by atoms with E-state index in [0.717, 1.165) is 72.7 Å². The second kappa shape index (κ2) is 21.7. The third-order valence-corrected chi connectivity index (χ3v) is 16.6. The molecule has 1 aliphatic heterocycles. The summed E-state index contributed by atoms with van der Waals surface area (Å²) in [6, 6.07) is 77.3. The summed E-state index contributed by atoms with van der Waals surface area (Å²) in [6.07, 6.45) is 0. The van der Waals surface area contributed by atoms with Gasteiger partial charge in [-0.15, -0.1) is 0 Å². The van der Waals surface area contributed by atoms with Crippen LogP contribution in [0, 0.1) is 10.7 Å². The van der Waals surface area contributed by atoms with E-state index in [0.29, 0.717) is 32.2 Å². The topological polar surface area (TPSA) is 38.5 Å². The summed E-state index contributed by atoms with van der Waals surface area (Å²) < 4.78 is 77.6. The van der Waals surface area contributed by atoms with Crippen molar-refractivity contribution in [3.05, 3.63) is 281 Å². The van der Waals surface area contributed by atoms with Crippen molar-refractivity contribution in [3.63, 3.8) is 0 Å². The Kier molecular flexibility index (Phi) is 11.9. The fourth-order valence-electron chi connectivity index (χ4n) is 11.4. The Labute approximate surface area is 509 Å². The molecule has 0 saturated carbocycles. The molecule has 8 heteroatoms. The van der Waals surface area contributed by atoms with Gasteiger partial charge in [0.15, 0.2) is 0 Å². The number of hydrogen-bond donors (Lipinski definition) is 0. The van der Waals surface area contributed by atoms with E-state index in [4.69, 9.17) is 9.72 Å². The summed E-state index contributed by atoms with van der Waals surface area (Å²) in [7, 11) is 0. The van der Waals surface area contributed by atoms with E-state index in [9.17, 15) is 9.60 Å². The van der Waals surface area contributed by atoms with Gasteiger partial charge in [-0.1, -0.05) is 60.7 Å². The van der Waals surface area contributed by atoms with Gasteiger partial charge in [0.2, 0.25) is 0 Å².